The molecule has 3 nitrogen and oxygen atoms in total. The molecule has 2 aromatic carbocycles. The van der Waals surface area contributed by atoms with E-state index < -0.39 is 5.97 Å². The molecular weight excluding hydrogens is 438 g/mol. The highest BCUT2D eigenvalue weighted by molar-refractivity contribution is 7.18. The van der Waals surface area contributed by atoms with Crippen LogP contribution in [-0.4, -0.2) is 16.1 Å². The second kappa shape index (κ2) is 10.0. The third-order valence-corrected chi connectivity index (χ3v) is 8.99. The van der Waals surface area contributed by atoms with Gasteiger partial charge in [0, 0.05) is 11.8 Å². The number of hydrogen-bond acceptors (Lipinski definition) is 3. The van der Waals surface area contributed by atoms with Gasteiger partial charge in [0.25, 0.3) is 0 Å². The minimum atomic E-state index is -0.900. The summed E-state index contributed by atoms with van der Waals surface area (Å²) in [5.41, 5.74) is 5.93. The maximum Gasteiger partial charge on any atom is 0.335 e. The van der Waals surface area contributed by atoms with Crippen LogP contribution >= 0.6 is 11.3 Å². The first-order chi connectivity index (χ1) is 16.5. The topological polar surface area (TPSA) is 50.2 Å². The molecule has 2 aliphatic carbocycles. The van der Waals surface area contributed by atoms with Crippen LogP contribution in [0.4, 0.5) is 0 Å². The summed E-state index contributed by atoms with van der Waals surface area (Å²) in [5, 5.41) is 10.1. The second-order valence-corrected chi connectivity index (χ2v) is 11.6. The highest BCUT2D eigenvalue weighted by Gasteiger charge is 2.31. The van der Waals surface area contributed by atoms with Crippen molar-refractivity contribution in [3.63, 3.8) is 0 Å². The summed E-state index contributed by atoms with van der Waals surface area (Å²) in [7, 11) is 0. The Kier molecular flexibility index (Phi) is 6.87. The number of benzene rings is 2. The van der Waals surface area contributed by atoms with Crippen LogP contribution in [0.25, 0.3) is 21.0 Å². The smallest absolute Gasteiger partial charge is 0.335 e. The molecule has 1 N–H and O–H groups in total. The number of rotatable bonds is 9. The average Bonchev–Trinajstić information content (AvgIpc) is 3.55. The third kappa shape index (κ3) is 5.27. The molecule has 0 atom stereocenters. The van der Waals surface area contributed by atoms with Crippen molar-refractivity contribution in [2.75, 3.05) is 0 Å². The number of nitrogens with zero attached hydrogens (tertiary/aromatic N) is 1. The van der Waals surface area contributed by atoms with Crippen molar-refractivity contribution < 1.29 is 9.90 Å². The lowest BCUT2D eigenvalue weighted by atomic mass is 9.69. The van der Waals surface area contributed by atoms with Crippen LogP contribution in [0.1, 0.15) is 92.6 Å². The minimum absolute atomic E-state index is 0.278. The average molecular weight is 474 g/mol. The zero-order valence-corrected chi connectivity index (χ0v) is 21.0. The Balaban J connectivity index is 1.40. The number of aromatic nitrogens is 1. The molecule has 0 radical (unpaired) electrons. The fourth-order valence-electron chi connectivity index (χ4n) is 5.56. The molecule has 0 amide bonds. The standard InChI is InChI=1S/C30H35NO2S/c1-30(17-5-2-6-18-30)26-19-25(16-11-22(26)8-4-3-7-21-9-10-21)27-20-31-28(34-27)23-12-14-24(15-13-23)29(32)33/h11-16,19-21H,2-10,17-18H2,1H3,(H,32,33). The van der Waals surface area contributed by atoms with E-state index in [-0.39, 0.29) is 5.41 Å². The molecule has 2 saturated carbocycles. The van der Waals surface area contributed by atoms with Crippen molar-refractivity contribution >= 4 is 17.3 Å². The van der Waals surface area contributed by atoms with Gasteiger partial charge in [0.2, 0.25) is 0 Å². The van der Waals surface area contributed by atoms with Crippen molar-refractivity contribution in [2.45, 2.75) is 83.0 Å². The molecule has 4 heteroatoms. The van der Waals surface area contributed by atoms with Crippen molar-refractivity contribution in [3.8, 4) is 21.0 Å². The number of carboxylic acid groups (broad SMARTS) is 1. The lowest BCUT2D eigenvalue weighted by molar-refractivity contribution is 0.0697. The van der Waals surface area contributed by atoms with E-state index in [4.69, 9.17) is 5.11 Å². The molecule has 0 aliphatic heterocycles. The summed E-state index contributed by atoms with van der Waals surface area (Å²) in [6.45, 7) is 2.49. The van der Waals surface area contributed by atoms with E-state index in [1.807, 2.05) is 18.3 Å². The van der Waals surface area contributed by atoms with Gasteiger partial charge in [0.15, 0.2) is 0 Å². The predicted octanol–water partition coefficient (Wildman–Crippen LogP) is 8.52. The summed E-state index contributed by atoms with van der Waals surface area (Å²) < 4.78 is 0. The van der Waals surface area contributed by atoms with Gasteiger partial charge in [0.05, 0.1) is 10.4 Å². The Labute approximate surface area is 207 Å². The summed E-state index contributed by atoms with van der Waals surface area (Å²) in [6.07, 6.45) is 16.8. The summed E-state index contributed by atoms with van der Waals surface area (Å²) in [5.74, 6) is 0.126. The zero-order chi connectivity index (χ0) is 23.5. The monoisotopic (exact) mass is 473 g/mol. The van der Waals surface area contributed by atoms with E-state index in [0.29, 0.717) is 5.56 Å². The van der Waals surface area contributed by atoms with Crippen LogP contribution in [0.2, 0.25) is 0 Å². The van der Waals surface area contributed by atoms with E-state index in [0.717, 1.165) is 16.5 Å². The van der Waals surface area contributed by atoms with Crippen molar-refractivity contribution in [1.29, 1.82) is 0 Å². The fourth-order valence-corrected chi connectivity index (χ4v) is 6.48. The molecule has 0 unspecified atom stereocenters. The highest BCUT2D eigenvalue weighted by atomic mass is 32.1. The van der Waals surface area contributed by atoms with Crippen LogP contribution < -0.4 is 0 Å². The minimum Gasteiger partial charge on any atom is -0.478 e. The molecule has 0 saturated heterocycles. The third-order valence-electron chi connectivity index (χ3n) is 7.89. The summed E-state index contributed by atoms with van der Waals surface area (Å²) in [6, 6.07) is 14.2. The largest absolute Gasteiger partial charge is 0.478 e. The van der Waals surface area contributed by atoms with E-state index in [9.17, 15) is 4.79 Å². The van der Waals surface area contributed by atoms with E-state index in [1.54, 1.807) is 34.6 Å². The summed E-state index contributed by atoms with van der Waals surface area (Å²) >= 11 is 1.69. The van der Waals surface area contributed by atoms with Gasteiger partial charge in [-0.1, -0.05) is 76.1 Å². The zero-order valence-electron chi connectivity index (χ0n) is 20.2. The van der Waals surface area contributed by atoms with Crippen molar-refractivity contribution in [2.24, 2.45) is 5.92 Å². The molecule has 0 bridgehead atoms. The maximum absolute atomic E-state index is 11.2. The number of aromatic carboxylic acids is 1. The Morgan fingerprint density at radius 2 is 1.76 bits per heavy atom. The van der Waals surface area contributed by atoms with Gasteiger partial charge in [-0.15, -0.1) is 11.3 Å². The summed E-state index contributed by atoms with van der Waals surface area (Å²) in [4.78, 5) is 17.0. The van der Waals surface area contributed by atoms with E-state index >= 15 is 0 Å². The molecule has 2 fully saturated rings. The van der Waals surface area contributed by atoms with Gasteiger partial charge in [-0.3, -0.25) is 0 Å². The number of thiazole rings is 1. The normalized spacial score (nSPS) is 17.6. The van der Waals surface area contributed by atoms with E-state index in [1.165, 1.54) is 81.1 Å². The predicted molar refractivity (Wildman–Crippen MR) is 141 cm³/mol. The molecule has 0 spiro atoms. The van der Waals surface area contributed by atoms with Crippen LogP contribution in [-0.2, 0) is 11.8 Å². The van der Waals surface area contributed by atoms with Crippen LogP contribution in [0.5, 0.6) is 0 Å². The first-order valence-electron chi connectivity index (χ1n) is 13.0. The molecule has 34 heavy (non-hydrogen) atoms. The molecule has 3 aromatic rings. The lowest BCUT2D eigenvalue weighted by Gasteiger charge is -2.36. The number of hydrogen-bond donors (Lipinski definition) is 1. The van der Waals surface area contributed by atoms with Crippen LogP contribution in [0, 0.1) is 5.92 Å². The molecular formula is C30H35NO2S. The fraction of sp³-hybridized carbons (Fsp3) is 0.467. The molecule has 5 rings (SSSR count). The Bertz CT molecular complexity index is 1140. The van der Waals surface area contributed by atoms with Crippen molar-refractivity contribution in [3.05, 3.63) is 65.4 Å². The molecule has 1 heterocycles. The lowest BCUT2D eigenvalue weighted by Crippen LogP contribution is -2.26. The van der Waals surface area contributed by atoms with Crippen LogP contribution in [0.3, 0.4) is 0 Å². The van der Waals surface area contributed by atoms with Crippen LogP contribution in [0.15, 0.2) is 48.7 Å². The van der Waals surface area contributed by atoms with Gasteiger partial charge in [-0.25, -0.2) is 9.78 Å². The van der Waals surface area contributed by atoms with Gasteiger partial charge < -0.3 is 5.11 Å². The van der Waals surface area contributed by atoms with Crippen molar-refractivity contribution in [1.82, 2.24) is 4.98 Å². The highest BCUT2D eigenvalue weighted by Crippen LogP contribution is 2.43. The van der Waals surface area contributed by atoms with Gasteiger partial charge >= 0.3 is 5.97 Å². The number of unbranched alkanes of at least 4 members (excludes halogenated alkanes) is 1. The second-order valence-electron chi connectivity index (χ2n) is 10.6. The SMILES string of the molecule is CC1(c2cc(-c3cnc(-c4ccc(C(=O)O)cc4)s3)ccc2CCCCC2CC2)CCCCC1. The quantitative estimate of drug-likeness (QED) is 0.317. The molecule has 1 aromatic heterocycles. The molecule has 178 valence electrons. The molecule has 2 aliphatic rings. The van der Waals surface area contributed by atoms with E-state index in [2.05, 4.69) is 30.1 Å². The van der Waals surface area contributed by atoms with Gasteiger partial charge in [0.1, 0.15) is 5.01 Å². The van der Waals surface area contributed by atoms with Gasteiger partial charge in [-0.2, -0.15) is 0 Å². The first-order valence-corrected chi connectivity index (χ1v) is 13.8. The Hall–Kier alpha value is -2.46. The first kappa shape index (κ1) is 23.3. The number of carboxylic acids is 1. The maximum atomic E-state index is 11.2. The van der Waals surface area contributed by atoms with Gasteiger partial charge in [-0.05, 0) is 71.9 Å². The number of aryl methyl sites for hydroxylation is 1. The Morgan fingerprint density at radius 3 is 2.47 bits per heavy atom. The Morgan fingerprint density at radius 1 is 1.03 bits per heavy atom. The number of carbonyl (C=O) groups is 1.